The van der Waals surface area contributed by atoms with Crippen LogP contribution in [0.1, 0.15) is 6.92 Å². The number of likely N-dealkylation sites (N-methyl/N-ethyl adjacent to an activating group) is 1. The van der Waals surface area contributed by atoms with E-state index >= 15 is 0 Å². The normalized spacial score (nSPS) is 13.0. The van der Waals surface area contributed by atoms with E-state index in [4.69, 9.17) is 4.74 Å². The second-order valence-electron chi connectivity index (χ2n) is 3.58. The average Bonchev–Trinajstić information content (AvgIpc) is 2.36. The Bertz CT molecular complexity index is 388. The number of benzene rings is 1. The van der Waals surface area contributed by atoms with Crippen molar-refractivity contribution in [2.45, 2.75) is 13.0 Å². The fraction of sp³-hybridized carbons (Fsp3) is 0.308. The Morgan fingerprint density at radius 1 is 1.35 bits per heavy atom. The van der Waals surface area contributed by atoms with Crippen molar-refractivity contribution in [3.63, 3.8) is 0 Å². The zero-order valence-corrected chi connectivity index (χ0v) is 10.4. The fourth-order valence-corrected chi connectivity index (χ4v) is 1.36. The van der Waals surface area contributed by atoms with Crippen molar-refractivity contribution in [3.05, 3.63) is 42.1 Å². The van der Waals surface area contributed by atoms with Crippen molar-refractivity contribution in [1.29, 1.82) is 0 Å². The second-order valence-corrected chi connectivity index (χ2v) is 3.58. The third kappa shape index (κ3) is 4.28. The fourth-order valence-electron chi connectivity index (χ4n) is 1.36. The van der Waals surface area contributed by atoms with Gasteiger partial charge in [-0.05, 0) is 19.1 Å². The van der Waals surface area contributed by atoms with Gasteiger partial charge in [-0.1, -0.05) is 18.2 Å². The molecule has 0 aromatic heterocycles. The number of para-hydroxylation sites is 1. The zero-order valence-electron chi connectivity index (χ0n) is 10.4. The second kappa shape index (κ2) is 6.70. The molecule has 1 unspecified atom stereocenters. The van der Waals surface area contributed by atoms with Crippen LogP contribution < -0.4 is 10.6 Å². The van der Waals surface area contributed by atoms with Crippen molar-refractivity contribution >= 4 is 11.6 Å². The van der Waals surface area contributed by atoms with Gasteiger partial charge in [0.05, 0.1) is 6.10 Å². The molecule has 4 nitrogen and oxygen atoms in total. The number of hydrogen-bond acceptors (Lipinski definition) is 3. The summed E-state index contributed by atoms with van der Waals surface area (Å²) in [6.45, 7) is 1.87. The minimum Gasteiger partial charge on any atom is -0.389 e. The highest BCUT2D eigenvalue weighted by atomic mass is 16.5. The molecule has 0 aliphatic rings. The minimum absolute atomic E-state index is 0.137. The van der Waals surface area contributed by atoms with Crippen LogP contribution in [0.3, 0.4) is 0 Å². The molecular formula is C13H18N2O2. The third-order valence-electron chi connectivity index (χ3n) is 2.41. The van der Waals surface area contributed by atoms with E-state index in [9.17, 15) is 4.79 Å². The predicted molar refractivity (Wildman–Crippen MR) is 68.7 cm³/mol. The highest BCUT2D eigenvalue weighted by molar-refractivity contribution is 5.99. The number of amides is 1. The number of anilines is 1. The molecule has 0 aliphatic carbocycles. The van der Waals surface area contributed by atoms with E-state index in [2.05, 4.69) is 10.6 Å². The van der Waals surface area contributed by atoms with Gasteiger partial charge in [-0.25, -0.2) is 0 Å². The standard InChI is InChI=1S/C13H18N2O2/c1-10(17-3)12(14-2)9-13(16)15-11-7-5-4-6-8-11/h4-10,14H,1-3H3,(H,15,16)/b12-9-. The lowest BCUT2D eigenvalue weighted by Gasteiger charge is -2.13. The molecule has 92 valence electrons. The van der Waals surface area contributed by atoms with Gasteiger partial charge in [0.15, 0.2) is 0 Å². The Labute approximate surface area is 102 Å². The highest BCUT2D eigenvalue weighted by Gasteiger charge is 2.07. The van der Waals surface area contributed by atoms with Crippen LogP contribution in [0.2, 0.25) is 0 Å². The van der Waals surface area contributed by atoms with Crippen molar-refractivity contribution in [3.8, 4) is 0 Å². The van der Waals surface area contributed by atoms with Crippen LogP contribution in [-0.2, 0) is 9.53 Å². The SMILES string of the molecule is CN/C(=C\C(=O)Nc1ccccc1)C(C)OC. The maximum absolute atomic E-state index is 11.7. The predicted octanol–water partition coefficient (Wildman–Crippen LogP) is 1.76. The number of hydrogen-bond donors (Lipinski definition) is 2. The molecular weight excluding hydrogens is 216 g/mol. The Morgan fingerprint density at radius 3 is 2.53 bits per heavy atom. The van der Waals surface area contributed by atoms with Crippen molar-refractivity contribution in [2.24, 2.45) is 0 Å². The summed E-state index contributed by atoms with van der Waals surface area (Å²) in [5.74, 6) is -0.176. The van der Waals surface area contributed by atoms with Crippen LogP contribution in [0.4, 0.5) is 5.69 Å². The molecule has 0 spiro atoms. The van der Waals surface area contributed by atoms with E-state index in [1.807, 2.05) is 37.3 Å². The van der Waals surface area contributed by atoms with Crippen LogP contribution in [0.25, 0.3) is 0 Å². The number of rotatable bonds is 5. The minimum atomic E-state index is -0.176. The van der Waals surface area contributed by atoms with Gasteiger partial charge in [-0.15, -0.1) is 0 Å². The Kier molecular flexibility index (Phi) is 5.23. The largest absolute Gasteiger partial charge is 0.389 e. The molecule has 1 rings (SSSR count). The molecule has 0 heterocycles. The lowest BCUT2D eigenvalue weighted by atomic mass is 10.2. The van der Waals surface area contributed by atoms with Crippen LogP contribution >= 0.6 is 0 Å². The molecule has 1 aromatic rings. The Morgan fingerprint density at radius 2 is 2.00 bits per heavy atom. The molecule has 1 atom stereocenters. The molecule has 17 heavy (non-hydrogen) atoms. The summed E-state index contributed by atoms with van der Waals surface area (Å²) < 4.78 is 5.14. The first-order chi connectivity index (χ1) is 8.17. The maximum atomic E-state index is 11.7. The van der Waals surface area contributed by atoms with Crippen molar-refractivity contribution in [1.82, 2.24) is 5.32 Å². The first-order valence-corrected chi connectivity index (χ1v) is 5.45. The van der Waals surface area contributed by atoms with Gasteiger partial charge in [-0.2, -0.15) is 0 Å². The molecule has 0 saturated heterocycles. The summed E-state index contributed by atoms with van der Waals surface area (Å²) >= 11 is 0. The topological polar surface area (TPSA) is 50.4 Å². The summed E-state index contributed by atoms with van der Waals surface area (Å²) in [6.07, 6.45) is 1.36. The molecule has 0 radical (unpaired) electrons. The zero-order chi connectivity index (χ0) is 12.7. The van der Waals surface area contributed by atoms with E-state index in [0.717, 1.165) is 11.4 Å². The van der Waals surface area contributed by atoms with Crippen molar-refractivity contribution < 1.29 is 9.53 Å². The van der Waals surface area contributed by atoms with E-state index < -0.39 is 0 Å². The summed E-state index contributed by atoms with van der Waals surface area (Å²) in [5.41, 5.74) is 1.51. The molecule has 1 aromatic carbocycles. The molecule has 4 heteroatoms. The van der Waals surface area contributed by atoms with Crippen LogP contribution in [0.15, 0.2) is 42.1 Å². The van der Waals surface area contributed by atoms with Crippen LogP contribution in [0, 0.1) is 0 Å². The maximum Gasteiger partial charge on any atom is 0.250 e. The van der Waals surface area contributed by atoms with Gasteiger partial charge in [0.25, 0.3) is 0 Å². The van der Waals surface area contributed by atoms with Gasteiger partial charge in [0.2, 0.25) is 5.91 Å². The van der Waals surface area contributed by atoms with E-state index in [-0.39, 0.29) is 12.0 Å². The average molecular weight is 234 g/mol. The first kappa shape index (κ1) is 13.3. The third-order valence-corrected chi connectivity index (χ3v) is 2.41. The Hall–Kier alpha value is -1.81. The van der Waals surface area contributed by atoms with Gasteiger partial charge in [0.1, 0.15) is 0 Å². The van der Waals surface area contributed by atoms with Crippen molar-refractivity contribution in [2.75, 3.05) is 19.5 Å². The summed E-state index contributed by atoms with van der Waals surface area (Å²) in [7, 11) is 3.36. The number of methoxy groups -OCH3 is 1. The first-order valence-electron chi connectivity index (χ1n) is 5.45. The van der Waals surface area contributed by atoms with Gasteiger partial charge >= 0.3 is 0 Å². The lowest BCUT2D eigenvalue weighted by Crippen LogP contribution is -2.22. The summed E-state index contributed by atoms with van der Waals surface area (Å²) in [5, 5.41) is 5.72. The highest BCUT2D eigenvalue weighted by Crippen LogP contribution is 2.06. The summed E-state index contributed by atoms with van der Waals surface area (Å²) in [6, 6.07) is 9.32. The van der Waals surface area contributed by atoms with Crippen LogP contribution in [0.5, 0.6) is 0 Å². The van der Waals surface area contributed by atoms with Gasteiger partial charge in [-0.3, -0.25) is 4.79 Å². The molecule has 2 N–H and O–H groups in total. The van der Waals surface area contributed by atoms with Gasteiger partial charge < -0.3 is 15.4 Å². The Balaban J connectivity index is 2.67. The molecule has 0 aliphatic heterocycles. The molecule has 0 saturated carbocycles. The lowest BCUT2D eigenvalue weighted by molar-refractivity contribution is -0.112. The monoisotopic (exact) mass is 234 g/mol. The summed E-state index contributed by atoms with van der Waals surface area (Å²) in [4.78, 5) is 11.7. The van der Waals surface area contributed by atoms with E-state index in [0.29, 0.717) is 0 Å². The number of nitrogens with one attached hydrogen (secondary N) is 2. The van der Waals surface area contributed by atoms with E-state index in [1.54, 1.807) is 14.2 Å². The number of ether oxygens (including phenoxy) is 1. The smallest absolute Gasteiger partial charge is 0.250 e. The molecule has 1 amide bonds. The quantitative estimate of drug-likeness (QED) is 0.763. The van der Waals surface area contributed by atoms with Crippen LogP contribution in [-0.4, -0.2) is 26.2 Å². The number of carbonyl (C=O) groups is 1. The van der Waals surface area contributed by atoms with E-state index in [1.165, 1.54) is 6.08 Å². The number of carbonyl (C=O) groups excluding carboxylic acids is 1. The molecule has 0 fully saturated rings. The molecule has 0 bridgehead atoms. The van der Waals surface area contributed by atoms with Gasteiger partial charge in [0, 0.05) is 31.6 Å².